The van der Waals surface area contributed by atoms with E-state index in [1.165, 1.54) is 52.5 Å². The lowest BCUT2D eigenvalue weighted by molar-refractivity contribution is -0.129. The molecule has 190 valence electrons. The standard InChI is InChI=1S/C25H23N5O4S3/c1-4-21(31)30-7-6-29(13-17(30)11-26)24(33)18-10-20(15(2)9-19(18)34-3)36-22-12-27-25(37-22)28-23(32)16-5-8-35-14-16/h4-5,8-10,12,14,17H,1,6-7,13H2,2-3H3,(H,27,28,32). The predicted octanol–water partition coefficient (Wildman–Crippen LogP) is 4.29. The van der Waals surface area contributed by atoms with Crippen molar-refractivity contribution in [3.05, 3.63) is 64.5 Å². The van der Waals surface area contributed by atoms with E-state index < -0.39 is 6.04 Å². The average molecular weight is 554 g/mol. The number of methoxy groups -OCH3 is 1. The van der Waals surface area contributed by atoms with Crippen LogP contribution in [0.1, 0.15) is 26.3 Å². The molecule has 0 bridgehead atoms. The number of amides is 3. The minimum absolute atomic E-state index is 0.0937. The van der Waals surface area contributed by atoms with Crippen LogP contribution >= 0.6 is 34.4 Å². The molecular formula is C25H23N5O4S3. The lowest BCUT2D eigenvalue weighted by Gasteiger charge is -2.38. The van der Waals surface area contributed by atoms with Crippen molar-refractivity contribution in [1.82, 2.24) is 14.8 Å². The first-order chi connectivity index (χ1) is 17.8. The lowest BCUT2D eigenvalue weighted by atomic mass is 10.1. The Morgan fingerprint density at radius 3 is 2.84 bits per heavy atom. The molecule has 1 N–H and O–H groups in total. The first-order valence-corrected chi connectivity index (χ1v) is 13.7. The molecule has 4 rings (SSSR count). The summed E-state index contributed by atoms with van der Waals surface area (Å²) in [6.07, 6.45) is 2.85. The average Bonchev–Trinajstić information content (AvgIpc) is 3.61. The molecule has 9 nitrogen and oxygen atoms in total. The van der Waals surface area contributed by atoms with Crippen molar-refractivity contribution in [2.75, 3.05) is 32.1 Å². The minimum Gasteiger partial charge on any atom is -0.496 e. The van der Waals surface area contributed by atoms with Crippen LogP contribution in [0.15, 0.2) is 56.9 Å². The van der Waals surface area contributed by atoms with Crippen LogP contribution in [0.4, 0.5) is 5.13 Å². The molecule has 0 saturated carbocycles. The van der Waals surface area contributed by atoms with Gasteiger partial charge in [0.2, 0.25) is 5.91 Å². The first-order valence-electron chi connectivity index (χ1n) is 11.1. The molecule has 12 heteroatoms. The van der Waals surface area contributed by atoms with Crippen molar-refractivity contribution in [1.29, 1.82) is 5.26 Å². The monoisotopic (exact) mass is 553 g/mol. The van der Waals surface area contributed by atoms with Crippen LogP contribution in [0, 0.1) is 18.3 Å². The van der Waals surface area contributed by atoms with Crippen LogP contribution in [0.2, 0.25) is 0 Å². The van der Waals surface area contributed by atoms with Crippen LogP contribution < -0.4 is 10.1 Å². The van der Waals surface area contributed by atoms with E-state index in [9.17, 15) is 19.6 Å². The predicted molar refractivity (Wildman–Crippen MR) is 143 cm³/mol. The molecule has 1 atom stereocenters. The number of anilines is 1. The molecule has 0 aliphatic carbocycles. The molecular weight excluding hydrogens is 531 g/mol. The molecule has 3 heterocycles. The Kier molecular flexibility index (Phi) is 8.27. The van der Waals surface area contributed by atoms with Crippen LogP contribution in [-0.4, -0.2) is 65.3 Å². The zero-order chi connectivity index (χ0) is 26.5. The molecule has 3 amide bonds. The number of rotatable bonds is 7. The number of carbonyl (C=O) groups is 3. The van der Waals surface area contributed by atoms with E-state index in [-0.39, 0.29) is 37.4 Å². The van der Waals surface area contributed by atoms with E-state index in [1.54, 1.807) is 34.7 Å². The van der Waals surface area contributed by atoms with Gasteiger partial charge in [0.05, 0.1) is 41.3 Å². The maximum Gasteiger partial charge on any atom is 0.258 e. The Morgan fingerprint density at radius 2 is 2.16 bits per heavy atom. The number of aryl methyl sites for hydroxylation is 1. The number of hydrogen-bond donors (Lipinski definition) is 1. The van der Waals surface area contributed by atoms with Crippen molar-refractivity contribution < 1.29 is 19.1 Å². The lowest BCUT2D eigenvalue weighted by Crippen LogP contribution is -2.55. The molecule has 1 saturated heterocycles. The van der Waals surface area contributed by atoms with Gasteiger partial charge in [-0.1, -0.05) is 29.7 Å². The number of nitriles is 1. The zero-order valence-electron chi connectivity index (χ0n) is 20.1. The van der Waals surface area contributed by atoms with Gasteiger partial charge in [-0.2, -0.15) is 16.6 Å². The smallest absolute Gasteiger partial charge is 0.258 e. The van der Waals surface area contributed by atoms with E-state index in [1.807, 2.05) is 12.3 Å². The van der Waals surface area contributed by atoms with Crippen molar-refractivity contribution >= 4 is 57.3 Å². The summed E-state index contributed by atoms with van der Waals surface area (Å²) >= 11 is 4.22. The number of aromatic nitrogens is 1. The van der Waals surface area contributed by atoms with E-state index in [2.05, 4.69) is 22.9 Å². The Morgan fingerprint density at radius 1 is 1.35 bits per heavy atom. The fraction of sp³-hybridized carbons (Fsp3) is 0.240. The SMILES string of the molecule is C=CC(=O)N1CCN(C(=O)c2cc(Sc3cnc(NC(=O)c4ccsc4)s3)c(C)cc2OC)CC1C#N. The number of piperazine rings is 1. The number of hydrogen-bond acceptors (Lipinski definition) is 9. The number of thiazole rings is 1. The molecule has 1 aliphatic heterocycles. The fourth-order valence-corrected chi connectivity index (χ4v) is 6.35. The molecule has 3 aromatic rings. The largest absolute Gasteiger partial charge is 0.496 e. The Labute approximate surface area is 226 Å². The maximum atomic E-state index is 13.5. The van der Waals surface area contributed by atoms with Crippen molar-refractivity contribution in [2.45, 2.75) is 22.1 Å². The minimum atomic E-state index is -0.756. The van der Waals surface area contributed by atoms with E-state index in [0.717, 1.165) is 14.7 Å². The number of ether oxygens (including phenoxy) is 1. The van der Waals surface area contributed by atoms with Gasteiger partial charge in [0.25, 0.3) is 11.8 Å². The normalized spacial score (nSPS) is 15.1. The van der Waals surface area contributed by atoms with Crippen LogP contribution in [-0.2, 0) is 4.79 Å². The molecule has 1 unspecified atom stereocenters. The summed E-state index contributed by atoms with van der Waals surface area (Å²) in [7, 11) is 1.50. The molecule has 0 spiro atoms. The third-order valence-electron chi connectivity index (χ3n) is 5.70. The summed E-state index contributed by atoms with van der Waals surface area (Å²) in [4.78, 5) is 46.0. The molecule has 1 fully saturated rings. The number of nitrogens with one attached hydrogen (secondary N) is 1. The van der Waals surface area contributed by atoms with E-state index in [4.69, 9.17) is 4.74 Å². The van der Waals surface area contributed by atoms with Gasteiger partial charge in [0.15, 0.2) is 5.13 Å². The van der Waals surface area contributed by atoms with Gasteiger partial charge < -0.3 is 14.5 Å². The summed E-state index contributed by atoms with van der Waals surface area (Å²) in [5.41, 5.74) is 1.86. The van der Waals surface area contributed by atoms with E-state index >= 15 is 0 Å². The maximum absolute atomic E-state index is 13.5. The van der Waals surface area contributed by atoms with Gasteiger partial charge in [-0.25, -0.2) is 4.98 Å². The number of thiophene rings is 1. The highest BCUT2D eigenvalue weighted by molar-refractivity contribution is 8.01. The second kappa shape index (κ2) is 11.6. The number of nitrogens with zero attached hydrogens (tertiary/aromatic N) is 4. The fourth-order valence-electron chi connectivity index (χ4n) is 3.77. The zero-order valence-corrected chi connectivity index (χ0v) is 22.5. The van der Waals surface area contributed by atoms with Crippen LogP contribution in [0.5, 0.6) is 5.75 Å². The second-order valence-electron chi connectivity index (χ2n) is 8.00. The summed E-state index contributed by atoms with van der Waals surface area (Å²) in [5.74, 6) is -0.400. The summed E-state index contributed by atoms with van der Waals surface area (Å²) < 4.78 is 6.34. The van der Waals surface area contributed by atoms with Gasteiger partial charge in [-0.3, -0.25) is 19.7 Å². The van der Waals surface area contributed by atoms with Crippen molar-refractivity contribution in [3.8, 4) is 11.8 Å². The third kappa shape index (κ3) is 5.85. The highest BCUT2D eigenvalue weighted by Gasteiger charge is 2.33. The van der Waals surface area contributed by atoms with Gasteiger partial charge in [0.1, 0.15) is 11.8 Å². The third-order valence-corrected chi connectivity index (χ3v) is 8.56. The van der Waals surface area contributed by atoms with Gasteiger partial charge >= 0.3 is 0 Å². The summed E-state index contributed by atoms with van der Waals surface area (Å²) in [6.45, 7) is 6.03. The highest BCUT2D eigenvalue weighted by atomic mass is 32.2. The molecule has 37 heavy (non-hydrogen) atoms. The highest BCUT2D eigenvalue weighted by Crippen LogP contribution is 2.38. The van der Waals surface area contributed by atoms with Crippen LogP contribution in [0.3, 0.4) is 0 Å². The Bertz CT molecular complexity index is 1380. The van der Waals surface area contributed by atoms with Crippen molar-refractivity contribution in [2.24, 2.45) is 0 Å². The Balaban J connectivity index is 1.52. The molecule has 2 aromatic heterocycles. The second-order valence-corrected chi connectivity index (χ2v) is 11.2. The summed E-state index contributed by atoms with van der Waals surface area (Å²) in [6, 6.07) is 6.67. The van der Waals surface area contributed by atoms with Crippen LogP contribution in [0.25, 0.3) is 0 Å². The molecule has 1 aliphatic rings. The molecule has 1 aromatic carbocycles. The molecule has 0 radical (unpaired) electrons. The van der Waals surface area contributed by atoms with Gasteiger partial charge in [0, 0.05) is 23.4 Å². The first kappa shape index (κ1) is 26.4. The Hall–Kier alpha value is -3.66. The van der Waals surface area contributed by atoms with Gasteiger partial charge in [-0.15, -0.1) is 0 Å². The summed E-state index contributed by atoms with van der Waals surface area (Å²) in [5, 5.41) is 16.5. The number of benzene rings is 1. The van der Waals surface area contributed by atoms with Gasteiger partial charge in [-0.05, 0) is 42.1 Å². The quantitative estimate of drug-likeness (QED) is 0.434. The van der Waals surface area contributed by atoms with E-state index in [0.29, 0.717) is 22.0 Å². The van der Waals surface area contributed by atoms with Crippen molar-refractivity contribution in [3.63, 3.8) is 0 Å². The number of carbonyl (C=O) groups excluding carboxylic acids is 3. The topological polar surface area (TPSA) is 116 Å².